The molecule has 3 atom stereocenters. The maximum absolute atomic E-state index is 5.51. The monoisotopic (exact) mass is 289 g/mol. The molecule has 3 nitrogen and oxygen atoms in total. The Balaban J connectivity index is 1.95. The molecule has 3 unspecified atom stereocenters. The van der Waals surface area contributed by atoms with Gasteiger partial charge in [0.15, 0.2) is 11.5 Å². The Bertz CT molecular complexity index is 514. The second-order valence-electron chi connectivity index (χ2n) is 6.55. The SMILES string of the molecule is CCC1CN2CCc3cc(OC)c(OC)cc3C2CC1C. The lowest BCUT2D eigenvalue weighted by Gasteiger charge is -2.46. The largest absolute Gasteiger partial charge is 0.493 e. The molecule has 1 saturated heterocycles. The van der Waals surface area contributed by atoms with E-state index >= 15 is 0 Å². The third kappa shape index (κ3) is 2.52. The van der Waals surface area contributed by atoms with Crippen molar-refractivity contribution in [2.45, 2.75) is 39.2 Å². The number of benzene rings is 1. The first-order chi connectivity index (χ1) is 10.2. The molecule has 2 aliphatic rings. The summed E-state index contributed by atoms with van der Waals surface area (Å²) in [4.78, 5) is 2.68. The Kier molecular flexibility index (Phi) is 4.12. The van der Waals surface area contributed by atoms with Crippen LogP contribution in [0.5, 0.6) is 11.5 Å². The smallest absolute Gasteiger partial charge is 0.161 e. The number of methoxy groups -OCH3 is 2. The van der Waals surface area contributed by atoms with E-state index < -0.39 is 0 Å². The van der Waals surface area contributed by atoms with Crippen LogP contribution in [0.1, 0.15) is 43.9 Å². The van der Waals surface area contributed by atoms with Gasteiger partial charge in [0, 0.05) is 19.1 Å². The Morgan fingerprint density at radius 1 is 1.19 bits per heavy atom. The summed E-state index contributed by atoms with van der Waals surface area (Å²) < 4.78 is 11.0. The van der Waals surface area contributed by atoms with Crippen LogP contribution >= 0.6 is 0 Å². The molecule has 1 aromatic carbocycles. The molecule has 2 heterocycles. The van der Waals surface area contributed by atoms with E-state index in [4.69, 9.17) is 9.47 Å². The molecule has 0 bridgehead atoms. The lowest BCUT2D eigenvalue weighted by Crippen LogP contribution is -2.45. The van der Waals surface area contributed by atoms with Gasteiger partial charge in [-0.3, -0.25) is 4.90 Å². The quantitative estimate of drug-likeness (QED) is 0.847. The summed E-state index contributed by atoms with van der Waals surface area (Å²) in [5, 5.41) is 0. The number of piperidine rings is 1. The van der Waals surface area contributed by atoms with Crippen molar-refractivity contribution in [1.82, 2.24) is 4.90 Å². The van der Waals surface area contributed by atoms with E-state index in [1.807, 2.05) is 0 Å². The third-order valence-electron chi connectivity index (χ3n) is 5.51. The molecule has 0 N–H and O–H groups in total. The maximum atomic E-state index is 5.51. The number of rotatable bonds is 3. The fraction of sp³-hybridized carbons (Fsp3) is 0.667. The van der Waals surface area contributed by atoms with E-state index in [0.717, 1.165) is 29.8 Å². The Morgan fingerprint density at radius 2 is 1.90 bits per heavy atom. The van der Waals surface area contributed by atoms with Gasteiger partial charge in [-0.1, -0.05) is 20.3 Å². The van der Waals surface area contributed by atoms with Crippen LogP contribution in [0.2, 0.25) is 0 Å². The van der Waals surface area contributed by atoms with Crippen LogP contribution < -0.4 is 9.47 Å². The maximum Gasteiger partial charge on any atom is 0.161 e. The molecular formula is C18H27NO2. The molecule has 0 aliphatic carbocycles. The molecule has 0 aromatic heterocycles. The van der Waals surface area contributed by atoms with Crippen molar-refractivity contribution in [2.24, 2.45) is 11.8 Å². The zero-order valence-electron chi connectivity index (χ0n) is 13.7. The van der Waals surface area contributed by atoms with Gasteiger partial charge in [0.25, 0.3) is 0 Å². The molecule has 2 aliphatic heterocycles. The van der Waals surface area contributed by atoms with Crippen LogP contribution in [-0.2, 0) is 6.42 Å². The predicted octanol–water partition coefficient (Wildman–Crippen LogP) is 3.67. The van der Waals surface area contributed by atoms with Gasteiger partial charge in [0.1, 0.15) is 0 Å². The number of hydrogen-bond donors (Lipinski definition) is 0. The minimum atomic E-state index is 0.561. The van der Waals surface area contributed by atoms with Gasteiger partial charge in [0.2, 0.25) is 0 Å². The summed E-state index contributed by atoms with van der Waals surface area (Å²) >= 11 is 0. The Hall–Kier alpha value is -1.22. The van der Waals surface area contributed by atoms with Gasteiger partial charge in [0.05, 0.1) is 14.2 Å². The van der Waals surface area contributed by atoms with Crippen molar-refractivity contribution in [3.05, 3.63) is 23.3 Å². The summed E-state index contributed by atoms with van der Waals surface area (Å²) in [5.74, 6) is 3.38. The molecular weight excluding hydrogens is 262 g/mol. The van der Waals surface area contributed by atoms with Gasteiger partial charge >= 0.3 is 0 Å². The molecule has 3 rings (SSSR count). The summed E-state index contributed by atoms with van der Waals surface area (Å²) in [6.45, 7) is 7.17. The number of fused-ring (bicyclic) bond motifs is 3. The number of hydrogen-bond acceptors (Lipinski definition) is 3. The van der Waals surface area contributed by atoms with Crippen molar-refractivity contribution in [3.8, 4) is 11.5 Å². The average molecular weight is 289 g/mol. The van der Waals surface area contributed by atoms with Crippen LogP contribution in [0, 0.1) is 11.8 Å². The lowest BCUT2D eigenvalue weighted by molar-refractivity contribution is 0.0591. The van der Waals surface area contributed by atoms with Gasteiger partial charge in [-0.25, -0.2) is 0 Å². The van der Waals surface area contributed by atoms with Gasteiger partial charge < -0.3 is 9.47 Å². The lowest BCUT2D eigenvalue weighted by atomic mass is 9.77. The van der Waals surface area contributed by atoms with Crippen LogP contribution in [0.3, 0.4) is 0 Å². The minimum absolute atomic E-state index is 0.561. The van der Waals surface area contributed by atoms with Crippen molar-refractivity contribution in [1.29, 1.82) is 0 Å². The van der Waals surface area contributed by atoms with E-state index in [9.17, 15) is 0 Å². The molecule has 3 heteroatoms. The Labute approximate surface area is 128 Å². The molecule has 21 heavy (non-hydrogen) atoms. The highest BCUT2D eigenvalue weighted by Gasteiger charge is 2.36. The first kappa shape index (κ1) is 14.7. The molecule has 0 saturated carbocycles. The number of nitrogens with zero attached hydrogens (tertiary/aromatic N) is 1. The van der Waals surface area contributed by atoms with Gasteiger partial charge in [-0.2, -0.15) is 0 Å². The van der Waals surface area contributed by atoms with E-state index in [-0.39, 0.29) is 0 Å². The van der Waals surface area contributed by atoms with Crippen LogP contribution in [-0.4, -0.2) is 32.2 Å². The normalized spacial score (nSPS) is 28.7. The summed E-state index contributed by atoms with van der Waals surface area (Å²) in [5.41, 5.74) is 2.90. The fourth-order valence-corrected chi connectivity index (χ4v) is 4.13. The highest BCUT2D eigenvalue weighted by molar-refractivity contribution is 5.49. The van der Waals surface area contributed by atoms with E-state index in [1.165, 1.54) is 37.1 Å². The average Bonchev–Trinajstić information content (AvgIpc) is 2.52. The molecule has 0 radical (unpaired) electrons. The minimum Gasteiger partial charge on any atom is -0.493 e. The van der Waals surface area contributed by atoms with E-state index in [2.05, 4.69) is 30.9 Å². The summed E-state index contributed by atoms with van der Waals surface area (Å²) in [6.07, 6.45) is 3.68. The summed E-state index contributed by atoms with van der Waals surface area (Å²) in [6, 6.07) is 4.96. The highest BCUT2D eigenvalue weighted by Crippen LogP contribution is 2.44. The predicted molar refractivity (Wildman–Crippen MR) is 85.1 cm³/mol. The first-order valence-corrected chi connectivity index (χ1v) is 8.16. The van der Waals surface area contributed by atoms with Crippen LogP contribution in [0.25, 0.3) is 0 Å². The first-order valence-electron chi connectivity index (χ1n) is 8.16. The standard InChI is InChI=1S/C18H27NO2/c1-5-13-11-19-7-6-14-9-17(20-3)18(21-4)10-15(14)16(19)8-12(13)2/h9-10,12-13,16H,5-8,11H2,1-4H3. The summed E-state index contributed by atoms with van der Waals surface area (Å²) in [7, 11) is 3.44. The fourth-order valence-electron chi connectivity index (χ4n) is 4.13. The zero-order valence-corrected chi connectivity index (χ0v) is 13.7. The molecule has 116 valence electrons. The number of ether oxygens (including phenoxy) is 2. The highest BCUT2D eigenvalue weighted by atomic mass is 16.5. The van der Waals surface area contributed by atoms with Crippen molar-refractivity contribution in [3.63, 3.8) is 0 Å². The Morgan fingerprint density at radius 3 is 2.57 bits per heavy atom. The molecule has 1 fully saturated rings. The van der Waals surface area contributed by atoms with Crippen LogP contribution in [0.15, 0.2) is 12.1 Å². The second-order valence-corrected chi connectivity index (χ2v) is 6.55. The van der Waals surface area contributed by atoms with Crippen molar-refractivity contribution >= 4 is 0 Å². The van der Waals surface area contributed by atoms with E-state index in [1.54, 1.807) is 14.2 Å². The van der Waals surface area contributed by atoms with E-state index in [0.29, 0.717) is 6.04 Å². The second kappa shape index (κ2) is 5.88. The van der Waals surface area contributed by atoms with Crippen LogP contribution in [0.4, 0.5) is 0 Å². The zero-order chi connectivity index (χ0) is 15.0. The third-order valence-corrected chi connectivity index (χ3v) is 5.51. The molecule has 0 amide bonds. The van der Waals surface area contributed by atoms with Gasteiger partial charge in [-0.15, -0.1) is 0 Å². The van der Waals surface area contributed by atoms with Gasteiger partial charge in [-0.05, 0) is 47.9 Å². The molecule has 1 aromatic rings. The van der Waals surface area contributed by atoms with Crippen molar-refractivity contribution in [2.75, 3.05) is 27.3 Å². The molecule has 0 spiro atoms. The van der Waals surface area contributed by atoms with Crippen molar-refractivity contribution < 1.29 is 9.47 Å². The topological polar surface area (TPSA) is 21.7 Å².